The van der Waals surface area contributed by atoms with Gasteiger partial charge in [0.05, 0.1) is 15.7 Å². The van der Waals surface area contributed by atoms with Crippen LogP contribution in [0, 0.1) is 0 Å². The Balaban J connectivity index is 2.70. The van der Waals surface area contributed by atoms with Crippen LogP contribution < -0.4 is 10.6 Å². The monoisotopic (exact) mass is 380 g/mol. The lowest BCUT2D eigenvalue weighted by atomic mass is 10.3. The predicted molar refractivity (Wildman–Crippen MR) is 78.1 cm³/mol. The molecule has 0 atom stereocenters. The number of urea groups is 1. The number of imide groups is 1. The molecule has 0 aliphatic carbocycles. The maximum Gasteiger partial charge on any atom is 0.328 e. The molecule has 20 heavy (non-hydrogen) atoms. The molecule has 1 aromatic carbocycles. The molecular weight excluding hydrogens is 375 g/mol. The number of halogens is 3. The van der Waals surface area contributed by atoms with Crippen molar-refractivity contribution in [2.75, 3.05) is 5.32 Å². The summed E-state index contributed by atoms with van der Waals surface area (Å²) in [6, 6.07) is 2.18. The number of anilines is 1. The van der Waals surface area contributed by atoms with Crippen molar-refractivity contribution in [3.8, 4) is 0 Å². The molecule has 6 nitrogen and oxygen atoms in total. The highest BCUT2D eigenvalue weighted by Crippen LogP contribution is 2.35. The van der Waals surface area contributed by atoms with Gasteiger partial charge in [-0.25, -0.2) is 9.59 Å². The number of carbonyl (C=O) groups excluding carboxylic acids is 2. The number of aliphatic carboxylic acids is 1. The van der Waals surface area contributed by atoms with Crippen LogP contribution in [0.25, 0.3) is 0 Å². The summed E-state index contributed by atoms with van der Waals surface area (Å²) >= 11 is 14.9. The van der Waals surface area contributed by atoms with Gasteiger partial charge in [0.15, 0.2) is 0 Å². The zero-order chi connectivity index (χ0) is 15.3. The number of hydrogen-bond acceptors (Lipinski definition) is 3. The van der Waals surface area contributed by atoms with Crippen LogP contribution in [0.3, 0.4) is 0 Å². The molecule has 0 aliphatic rings. The predicted octanol–water partition coefficient (Wildman–Crippen LogP) is 3.04. The van der Waals surface area contributed by atoms with E-state index in [2.05, 4.69) is 21.2 Å². The maximum atomic E-state index is 11.5. The molecule has 0 spiro atoms. The van der Waals surface area contributed by atoms with Gasteiger partial charge in [0, 0.05) is 16.6 Å². The number of rotatable bonds is 3. The van der Waals surface area contributed by atoms with E-state index < -0.39 is 17.9 Å². The Kier molecular flexibility index (Phi) is 6.00. The number of carboxylic acid groups (broad SMARTS) is 1. The van der Waals surface area contributed by atoms with E-state index in [-0.39, 0.29) is 15.7 Å². The van der Waals surface area contributed by atoms with Crippen LogP contribution in [0.4, 0.5) is 10.5 Å². The van der Waals surface area contributed by atoms with Gasteiger partial charge in [-0.2, -0.15) is 0 Å². The zero-order valence-electron chi connectivity index (χ0n) is 9.62. The second kappa shape index (κ2) is 7.28. The highest BCUT2D eigenvalue weighted by atomic mass is 79.9. The third-order valence-corrected chi connectivity index (χ3v) is 3.67. The molecule has 0 unspecified atom stereocenters. The summed E-state index contributed by atoms with van der Waals surface area (Å²) in [4.78, 5) is 32.8. The molecule has 3 amide bonds. The van der Waals surface area contributed by atoms with Gasteiger partial charge in [-0.3, -0.25) is 10.1 Å². The number of benzene rings is 1. The Morgan fingerprint density at radius 2 is 1.80 bits per heavy atom. The quantitative estimate of drug-likeness (QED) is 0.553. The van der Waals surface area contributed by atoms with Crippen molar-refractivity contribution < 1.29 is 19.5 Å². The van der Waals surface area contributed by atoms with Crippen LogP contribution in [0.1, 0.15) is 0 Å². The topological polar surface area (TPSA) is 95.5 Å². The van der Waals surface area contributed by atoms with Crippen LogP contribution in [0.5, 0.6) is 0 Å². The van der Waals surface area contributed by atoms with Crippen molar-refractivity contribution in [3.63, 3.8) is 0 Å². The van der Waals surface area contributed by atoms with E-state index >= 15 is 0 Å². The van der Waals surface area contributed by atoms with Gasteiger partial charge < -0.3 is 10.4 Å². The van der Waals surface area contributed by atoms with E-state index in [1.165, 1.54) is 6.07 Å². The van der Waals surface area contributed by atoms with Gasteiger partial charge >= 0.3 is 12.0 Å². The third-order valence-electron chi connectivity index (χ3n) is 1.90. The smallest absolute Gasteiger partial charge is 0.328 e. The molecule has 3 N–H and O–H groups in total. The highest BCUT2D eigenvalue weighted by Gasteiger charge is 2.12. The SMILES string of the molecule is O=C(O)/C=C/C(=O)NC(=O)Nc1ccc(Br)c(Cl)c1Cl. The third kappa shape index (κ3) is 4.84. The molecule has 0 fully saturated rings. The minimum atomic E-state index is -1.30. The summed E-state index contributed by atoms with van der Waals surface area (Å²) in [6.45, 7) is 0. The van der Waals surface area contributed by atoms with Crippen molar-refractivity contribution in [1.29, 1.82) is 0 Å². The summed E-state index contributed by atoms with van der Waals surface area (Å²) in [6.07, 6.45) is 1.31. The summed E-state index contributed by atoms with van der Waals surface area (Å²) in [7, 11) is 0. The minimum Gasteiger partial charge on any atom is -0.478 e. The van der Waals surface area contributed by atoms with E-state index in [1.54, 1.807) is 6.07 Å². The summed E-state index contributed by atoms with van der Waals surface area (Å²) in [5, 5.41) is 12.8. The van der Waals surface area contributed by atoms with E-state index in [9.17, 15) is 14.4 Å². The number of nitrogens with one attached hydrogen (secondary N) is 2. The second-order valence-corrected chi connectivity index (χ2v) is 4.95. The van der Waals surface area contributed by atoms with E-state index in [1.807, 2.05) is 5.32 Å². The molecule has 9 heteroatoms. The Morgan fingerprint density at radius 3 is 2.40 bits per heavy atom. The fourth-order valence-electron chi connectivity index (χ4n) is 1.08. The summed E-state index contributed by atoms with van der Waals surface area (Å²) < 4.78 is 0.551. The fourth-order valence-corrected chi connectivity index (χ4v) is 1.90. The highest BCUT2D eigenvalue weighted by molar-refractivity contribution is 9.10. The standard InChI is InChI=1S/C11H7BrCl2N2O4/c12-5-1-2-6(10(14)9(5)13)15-11(20)16-7(17)3-4-8(18)19/h1-4H,(H,18,19)(H2,15,16,17,20)/b4-3+. The summed E-state index contributed by atoms with van der Waals surface area (Å²) in [5.41, 5.74) is 0.201. The number of carbonyl (C=O) groups is 3. The summed E-state index contributed by atoms with van der Waals surface area (Å²) in [5.74, 6) is -2.19. The van der Waals surface area contributed by atoms with E-state index in [4.69, 9.17) is 28.3 Å². The van der Waals surface area contributed by atoms with Gasteiger partial charge in [-0.15, -0.1) is 0 Å². The van der Waals surface area contributed by atoms with Crippen LogP contribution in [0.2, 0.25) is 10.0 Å². The molecule has 0 saturated carbocycles. The molecule has 0 bridgehead atoms. The first kappa shape index (κ1) is 16.5. The first-order valence-electron chi connectivity index (χ1n) is 4.97. The molecule has 0 aromatic heterocycles. The van der Waals surface area contributed by atoms with Crippen molar-refractivity contribution in [1.82, 2.24) is 5.32 Å². The van der Waals surface area contributed by atoms with Crippen molar-refractivity contribution in [2.24, 2.45) is 0 Å². The van der Waals surface area contributed by atoms with Crippen LogP contribution in [-0.2, 0) is 9.59 Å². The Labute approximate surface area is 131 Å². The maximum absolute atomic E-state index is 11.5. The Bertz CT molecular complexity index is 604. The number of carboxylic acids is 1. The fraction of sp³-hybridized carbons (Fsp3) is 0. The molecule has 0 radical (unpaired) electrons. The molecular formula is C11H7BrCl2N2O4. The minimum absolute atomic E-state index is 0.102. The van der Waals surface area contributed by atoms with Gasteiger partial charge in [0.2, 0.25) is 0 Å². The lowest BCUT2D eigenvalue weighted by Crippen LogP contribution is -2.33. The Morgan fingerprint density at radius 1 is 1.15 bits per heavy atom. The lowest BCUT2D eigenvalue weighted by Gasteiger charge is -2.09. The zero-order valence-corrected chi connectivity index (χ0v) is 12.7. The molecule has 1 rings (SSSR count). The molecule has 0 saturated heterocycles. The Hall–Kier alpha value is -1.57. The van der Waals surface area contributed by atoms with E-state index in [0.717, 1.165) is 0 Å². The van der Waals surface area contributed by atoms with Gasteiger partial charge in [0.1, 0.15) is 0 Å². The van der Waals surface area contributed by atoms with Crippen molar-refractivity contribution in [3.05, 3.63) is 38.8 Å². The van der Waals surface area contributed by atoms with Crippen LogP contribution in [-0.4, -0.2) is 23.0 Å². The normalized spacial score (nSPS) is 10.3. The van der Waals surface area contributed by atoms with Crippen LogP contribution >= 0.6 is 39.1 Å². The average Bonchev–Trinajstić information content (AvgIpc) is 2.37. The molecule has 106 valence electrons. The lowest BCUT2D eigenvalue weighted by molar-refractivity contribution is -0.131. The van der Waals surface area contributed by atoms with Gasteiger partial charge in [-0.05, 0) is 28.1 Å². The van der Waals surface area contributed by atoms with Crippen molar-refractivity contribution in [2.45, 2.75) is 0 Å². The van der Waals surface area contributed by atoms with Gasteiger partial charge in [0.25, 0.3) is 5.91 Å². The number of hydrogen-bond donors (Lipinski definition) is 3. The molecule has 0 heterocycles. The van der Waals surface area contributed by atoms with Crippen molar-refractivity contribution >= 4 is 62.7 Å². The first-order chi connectivity index (χ1) is 9.31. The largest absolute Gasteiger partial charge is 0.478 e. The van der Waals surface area contributed by atoms with E-state index in [0.29, 0.717) is 16.6 Å². The van der Waals surface area contributed by atoms with Gasteiger partial charge in [-0.1, -0.05) is 23.2 Å². The van der Waals surface area contributed by atoms with Crippen LogP contribution in [0.15, 0.2) is 28.8 Å². The average molecular weight is 382 g/mol. The first-order valence-corrected chi connectivity index (χ1v) is 6.52. The molecule has 0 aliphatic heterocycles. The second-order valence-electron chi connectivity index (χ2n) is 3.34. The molecule has 1 aromatic rings. The number of amides is 3.